The molecule has 2 aromatic rings. The standard InChI is InChI=1S/C13H16N4O2/c18-11-4-2-1-3-9(11)7-12-16-13(17-19-12)10-8-14-5-6-15-10/h5-6,8-9,11,18H,1-4,7H2. The second-order valence-electron chi connectivity index (χ2n) is 4.92. The summed E-state index contributed by atoms with van der Waals surface area (Å²) in [5.74, 6) is 1.24. The summed E-state index contributed by atoms with van der Waals surface area (Å²) in [4.78, 5) is 12.4. The molecule has 0 amide bonds. The SMILES string of the molecule is OC1CCCCC1Cc1nc(-c2cnccn2)no1. The molecule has 0 spiro atoms. The highest BCUT2D eigenvalue weighted by Crippen LogP contribution is 2.27. The van der Waals surface area contributed by atoms with Crippen LogP contribution in [0, 0.1) is 5.92 Å². The summed E-state index contributed by atoms with van der Waals surface area (Å²) >= 11 is 0. The molecule has 2 heterocycles. The molecular formula is C13H16N4O2. The molecule has 0 bridgehead atoms. The van der Waals surface area contributed by atoms with Crippen LogP contribution in [0.3, 0.4) is 0 Å². The van der Waals surface area contributed by atoms with E-state index >= 15 is 0 Å². The number of hydrogen-bond acceptors (Lipinski definition) is 6. The third-order valence-corrected chi connectivity index (χ3v) is 3.57. The van der Waals surface area contributed by atoms with Crippen LogP contribution in [0.4, 0.5) is 0 Å². The average molecular weight is 260 g/mol. The third-order valence-electron chi connectivity index (χ3n) is 3.57. The first-order chi connectivity index (χ1) is 9.33. The molecule has 2 atom stereocenters. The topological polar surface area (TPSA) is 84.9 Å². The van der Waals surface area contributed by atoms with Crippen LogP contribution in [0.15, 0.2) is 23.1 Å². The van der Waals surface area contributed by atoms with Gasteiger partial charge >= 0.3 is 0 Å². The minimum atomic E-state index is -0.249. The third kappa shape index (κ3) is 2.78. The second-order valence-corrected chi connectivity index (χ2v) is 4.92. The summed E-state index contributed by atoms with van der Waals surface area (Å²) in [6, 6.07) is 0. The zero-order valence-electron chi connectivity index (χ0n) is 10.6. The lowest BCUT2D eigenvalue weighted by Crippen LogP contribution is -2.26. The summed E-state index contributed by atoms with van der Waals surface area (Å²) in [6.07, 6.45) is 9.33. The van der Waals surface area contributed by atoms with Crippen molar-refractivity contribution in [3.63, 3.8) is 0 Å². The van der Waals surface area contributed by atoms with E-state index in [2.05, 4.69) is 20.1 Å². The van der Waals surface area contributed by atoms with Crippen LogP contribution >= 0.6 is 0 Å². The lowest BCUT2D eigenvalue weighted by Gasteiger charge is -2.26. The first-order valence-electron chi connectivity index (χ1n) is 6.60. The molecule has 1 fully saturated rings. The van der Waals surface area contributed by atoms with E-state index in [9.17, 15) is 5.11 Å². The number of aliphatic hydroxyl groups excluding tert-OH is 1. The predicted molar refractivity (Wildman–Crippen MR) is 67.0 cm³/mol. The lowest BCUT2D eigenvalue weighted by molar-refractivity contribution is 0.0657. The Hall–Kier alpha value is -1.82. The lowest BCUT2D eigenvalue weighted by atomic mass is 9.84. The van der Waals surface area contributed by atoms with Crippen molar-refractivity contribution in [3.05, 3.63) is 24.5 Å². The van der Waals surface area contributed by atoms with E-state index in [1.165, 1.54) is 0 Å². The highest BCUT2D eigenvalue weighted by Gasteiger charge is 2.25. The van der Waals surface area contributed by atoms with Crippen LogP contribution in [-0.4, -0.2) is 31.3 Å². The second kappa shape index (κ2) is 5.44. The van der Waals surface area contributed by atoms with Gasteiger partial charge < -0.3 is 9.63 Å². The molecule has 19 heavy (non-hydrogen) atoms. The minimum Gasteiger partial charge on any atom is -0.393 e. The average Bonchev–Trinajstić information content (AvgIpc) is 2.91. The summed E-state index contributed by atoms with van der Waals surface area (Å²) < 4.78 is 5.23. The summed E-state index contributed by atoms with van der Waals surface area (Å²) in [6.45, 7) is 0. The van der Waals surface area contributed by atoms with Gasteiger partial charge in [0.2, 0.25) is 11.7 Å². The van der Waals surface area contributed by atoms with Crippen molar-refractivity contribution in [2.24, 2.45) is 5.92 Å². The monoisotopic (exact) mass is 260 g/mol. The molecule has 1 aliphatic rings. The van der Waals surface area contributed by atoms with Gasteiger partial charge in [-0.15, -0.1) is 0 Å². The minimum absolute atomic E-state index is 0.226. The molecule has 0 aromatic carbocycles. The van der Waals surface area contributed by atoms with Gasteiger partial charge in [0.05, 0.1) is 12.3 Å². The molecule has 6 heteroatoms. The Morgan fingerprint density at radius 2 is 2.16 bits per heavy atom. The Kier molecular flexibility index (Phi) is 3.50. The zero-order chi connectivity index (χ0) is 13.1. The van der Waals surface area contributed by atoms with Gasteiger partial charge in [-0.25, -0.2) is 4.98 Å². The van der Waals surface area contributed by atoms with Gasteiger partial charge in [0.15, 0.2) is 0 Å². The quantitative estimate of drug-likeness (QED) is 0.902. The molecule has 1 saturated carbocycles. The van der Waals surface area contributed by atoms with Crippen LogP contribution in [0.1, 0.15) is 31.6 Å². The van der Waals surface area contributed by atoms with E-state index in [4.69, 9.17) is 4.52 Å². The van der Waals surface area contributed by atoms with Crippen LogP contribution in [0.5, 0.6) is 0 Å². The van der Waals surface area contributed by atoms with E-state index in [0.29, 0.717) is 23.8 Å². The maximum atomic E-state index is 9.94. The normalized spacial score (nSPS) is 23.4. The summed E-state index contributed by atoms with van der Waals surface area (Å²) in [5, 5.41) is 13.8. The Labute approximate surface area is 110 Å². The fourth-order valence-corrected chi connectivity index (χ4v) is 2.51. The maximum Gasteiger partial charge on any atom is 0.227 e. The molecule has 6 nitrogen and oxygen atoms in total. The zero-order valence-corrected chi connectivity index (χ0v) is 10.6. The molecule has 2 unspecified atom stereocenters. The van der Waals surface area contributed by atoms with Crippen LogP contribution in [-0.2, 0) is 6.42 Å². The van der Waals surface area contributed by atoms with Gasteiger partial charge in [-0.05, 0) is 18.8 Å². The molecule has 2 aromatic heterocycles. The summed E-state index contributed by atoms with van der Waals surface area (Å²) in [5.41, 5.74) is 0.599. The van der Waals surface area contributed by atoms with Gasteiger partial charge in [0.1, 0.15) is 5.69 Å². The first kappa shape index (κ1) is 12.2. The number of rotatable bonds is 3. The molecule has 0 aliphatic heterocycles. The molecule has 100 valence electrons. The molecule has 1 N–H and O–H groups in total. The number of aliphatic hydroxyl groups is 1. The largest absolute Gasteiger partial charge is 0.393 e. The van der Waals surface area contributed by atoms with Crippen molar-refractivity contribution >= 4 is 0 Å². The van der Waals surface area contributed by atoms with Crippen molar-refractivity contribution in [2.75, 3.05) is 0 Å². The molecule has 0 radical (unpaired) electrons. The molecule has 0 saturated heterocycles. The van der Waals surface area contributed by atoms with Crippen LogP contribution in [0.2, 0.25) is 0 Å². The van der Waals surface area contributed by atoms with Crippen LogP contribution in [0.25, 0.3) is 11.5 Å². The van der Waals surface area contributed by atoms with Gasteiger partial charge in [0, 0.05) is 18.8 Å². The van der Waals surface area contributed by atoms with Gasteiger partial charge in [-0.2, -0.15) is 4.98 Å². The van der Waals surface area contributed by atoms with E-state index < -0.39 is 0 Å². The van der Waals surface area contributed by atoms with Gasteiger partial charge in [0.25, 0.3) is 0 Å². The summed E-state index contributed by atoms with van der Waals surface area (Å²) in [7, 11) is 0. The van der Waals surface area contributed by atoms with Crippen molar-refractivity contribution < 1.29 is 9.63 Å². The Morgan fingerprint density at radius 3 is 2.95 bits per heavy atom. The predicted octanol–water partition coefficient (Wildman–Crippen LogP) is 1.62. The van der Waals surface area contributed by atoms with Crippen molar-refractivity contribution in [2.45, 2.75) is 38.2 Å². The fraction of sp³-hybridized carbons (Fsp3) is 0.538. The number of hydrogen-bond donors (Lipinski definition) is 1. The van der Waals surface area contributed by atoms with Gasteiger partial charge in [-0.3, -0.25) is 4.98 Å². The molecule has 1 aliphatic carbocycles. The van der Waals surface area contributed by atoms with Crippen molar-refractivity contribution in [1.29, 1.82) is 0 Å². The smallest absolute Gasteiger partial charge is 0.227 e. The van der Waals surface area contributed by atoms with E-state index in [1.54, 1.807) is 18.6 Å². The molecule has 3 rings (SSSR count). The number of nitrogens with zero attached hydrogens (tertiary/aromatic N) is 4. The van der Waals surface area contributed by atoms with Gasteiger partial charge in [-0.1, -0.05) is 18.0 Å². The highest BCUT2D eigenvalue weighted by molar-refractivity contribution is 5.45. The Balaban J connectivity index is 1.71. The van der Waals surface area contributed by atoms with Crippen molar-refractivity contribution in [1.82, 2.24) is 20.1 Å². The first-order valence-corrected chi connectivity index (χ1v) is 6.60. The number of aromatic nitrogens is 4. The Bertz CT molecular complexity index is 528. The van der Waals surface area contributed by atoms with Crippen LogP contribution < -0.4 is 0 Å². The maximum absolute atomic E-state index is 9.94. The Morgan fingerprint density at radius 1 is 1.26 bits per heavy atom. The fourth-order valence-electron chi connectivity index (χ4n) is 2.51. The highest BCUT2D eigenvalue weighted by atomic mass is 16.5. The van der Waals surface area contributed by atoms with E-state index in [1.807, 2.05) is 0 Å². The van der Waals surface area contributed by atoms with E-state index in [0.717, 1.165) is 25.7 Å². The van der Waals surface area contributed by atoms with E-state index in [-0.39, 0.29) is 12.0 Å². The molecular weight excluding hydrogens is 244 g/mol. The van der Waals surface area contributed by atoms with Crippen molar-refractivity contribution in [3.8, 4) is 11.5 Å².